The molecule has 0 aliphatic rings. The second kappa shape index (κ2) is 5.27. The number of aliphatic carboxylic acids is 1. The molecule has 92 valence electrons. The summed E-state index contributed by atoms with van der Waals surface area (Å²) in [6.07, 6.45) is 2.76. The summed E-state index contributed by atoms with van der Waals surface area (Å²) in [6, 6.07) is 9.18. The highest BCUT2D eigenvalue weighted by Crippen LogP contribution is 2.12. The summed E-state index contributed by atoms with van der Waals surface area (Å²) in [5.41, 5.74) is 1.03. The molecule has 1 N–H and O–H groups in total. The number of carbonyl (C=O) groups is 1. The molecule has 18 heavy (non-hydrogen) atoms. The molecular weight excluding hydrogens is 232 g/mol. The number of aryl methyl sites for hydroxylation is 1. The molecule has 0 aliphatic carbocycles. The summed E-state index contributed by atoms with van der Waals surface area (Å²) in [5, 5.41) is 8.62. The van der Waals surface area contributed by atoms with Crippen LogP contribution in [0.2, 0.25) is 0 Å². The molecule has 1 aromatic heterocycles. The van der Waals surface area contributed by atoms with E-state index in [1.54, 1.807) is 0 Å². The fourth-order valence-electron chi connectivity index (χ4n) is 1.64. The maximum atomic E-state index is 12.1. The Kier molecular flexibility index (Phi) is 3.52. The molecule has 5 heteroatoms. The molecule has 5 nitrogen and oxygen atoms in total. The lowest BCUT2D eigenvalue weighted by molar-refractivity contribution is -0.137. The minimum absolute atomic E-state index is 0.0974. The summed E-state index contributed by atoms with van der Waals surface area (Å²) in [5.74, 6) is -0.938. The summed E-state index contributed by atoms with van der Waals surface area (Å²) in [7, 11) is 0. The Morgan fingerprint density at radius 3 is 2.67 bits per heavy atom. The maximum Gasteiger partial charge on any atom is 0.305 e. The fraction of sp³-hybridized carbons (Fsp3) is 0.154. The molecule has 0 radical (unpaired) electrons. The van der Waals surface area contributed by atoms with E-state index < -0.39 is 5.97 Å². The Balaban J connectivity index is 2.37. The highest BCUT2D eigenvalue weighted by atomic mass is 16.4. The van der Waals surface area contributed by atoms with Crippen LogP contribution in [0.5, 0.6) is 0 Å². The van der Waals surface area contributed by atoms with Gasteiger partial charge in [0.1, 0.15) is 0 Å². The van der Waals surface area contributed by atoms with Crippen LogP contribution in [-0.2, 0) is 11.3 Å². The van der Waals surface area contributed by atoms with Crippen LogP contribution in [0.4, 0.5) is 0 Å². The van der Waals surface area contributed by atoms with Gasteiger partial charge in [-0.1, -0.05) is 30.3 Å². The van der Waals surface area contributed by atoms with Gasteiger partial charge in [-0.05, 0) is 5.56 Å². The van der Waals surface area contributed by atoms with Crippen molar-refractivity contribution in [1.82, 2.24) is 9.55 Å². The van der Waals surface area contributed by atoms with Crippen LogP contribution in [0.3, 0.4) is 0 Å². The second-order valence-corrected chi connectivity index (χ2v) is 3.82. The van der Waals surface area contributed by atoms with Crippen molar-refractivity contribution in [3.8, 4) is 11.1 Å². The van der Waals surface area contributed by atoms with Crippen molar-refractivity contribution < 1.29 is 9.90 Å². The Hall–Kier alpha value is -2.43. The number of carboxylic acids is 1. The molecular formula is C13H12N2O3. The van der Waals surface area contributed by atoms with Gasteiger partial charge in [-0.2, -0.15) is 0 Å². The van der Waals surface area contributed by atoms with Crippen molar-refractivity contribution in [2.45, 2.75) is 13.0 Å². The normalized spacial score (nSPS) is 10.2. The summed E-state index contributed by atoms with van der Waals surface area (Å²) in [4.78, 5) is 26.6. The fourth-order valence-corrected chi connectivity index (χ4v) is 1.64. The molecule has 0 fully saturated rings. The molecule has 1 aromatic carbocycles. The topological polar surface area (TPSA) is 72.2 Å². The van der Waals surface area contributed by atoms with Crippen LogP contribution in [0.25, 0.3) is 11.1 Å². The number of aromatic nitrogens is 2. The lowest BCUT2D eigenvalue weighted by Gasteiger charge is -2.05. The van der Waals surface area contributed by atoms with Crippen LogP contribution >= 0.6 is 0 Å². The van der Waals surface area contributed by atoms with Gasteiger partial charge in [0.2, 0.25) is 0 Å². The zero-order valence-electron chi connectivity index (χ0n) is 9.61. The SMILES string of the molecule is O=C(O)CCn1cncc(-c2ccccc2)c1=O. The average Bonchev–Trinajstić information content (AvgIpc) is 2.38. The van der Waals surface area contributed by atoms with Gasteiger partial charge in [-0.15, -0.1) is 0 Å². The zero-order valence-corrected chi connectivity index (χ0v) is 9.61. The lowest BCUT2D eigenvalue weighted by Crippen LogP contribution is -2.23. The first-order chi connectivity index (χ1) is 8.68. The summed E-state index contributed by atoms with van der Waals surface area (Å²) < 4.78 is 1.32. The summed E-state index contributed by atoms with van der Waals surface area (Å²) >= 11 is 0. The van der Waals surface area contributed by atoms with Crippen molar-refractivity contribution in [3.63, 3.8) is 0 Å². The second-order valence-electron chi connectivity index (χ2n) is 3.82. The van der Waals surface area contributed by atoms with Crippen LogP contribution in [0.15, 0.2) is 47.7 Å². The Bertz CT molecular complexity index is 605. The molecule has 2 aromatic rings. The molecule has 0 amide bonds. The van der Waals surface area contributed by atoms with Crippen molar-refractivity contribution in [2.24, 2.45) is 0 Å². The first-order valence-electron chi connectivity index (χ1n) is 5.50. The van der Waals surface area contributed by atoms with Gasteiger partial charge in [-0.3, -0.25) is 14.2 Å². The zero-order chi connectivity index (χ0) is 13.0. The first-order valence-corrected chi connectivity index (χ1v) is 5.50. The van der Waals surface area contributed by atoms with E-state index in [2.05, 4.69) is 4.98 Å². The molecule has 0 atom stereocenters. The van der Waals surface area contributed by atoms with E-state index in [1.165, 1.54) is 17.1 Å². The quantitative estimate of drug-likeness (QED) is 0.882. The van der Waals surface area contributed by atoms with Crippen LogP contribution in [-0.4, -0.2) is 20.6 Å². The average molecular weight is 244 g/mol. The predicted octanol–water partition coefficient (Wildman–Crippen LogP) is 1.39. The Morgan fingerprint density at radius 2 is 2.00 bits per heavy atom. The van der Waals surface area contributed by atoms with Crippen molar-refractivity contribution in [3.05, 3.63) is 53.2 Å². The number of carboxylic acid groups (broad SMARTS) is 1. The van der Waals surface area contributed by atoms with Gasteiger partial charge < -0.3 is 5.11 Å². The van der Waals surface area contributed by atoms with Gasteiger partial charge in [0.15, 0.2) is 0 Å². The first kappa shape index (κ1) is 12.0. The smallest absolute Gasteiger partial charge is 0.305 e. The van der Waals surface area contributed by atoms with E-state index in [9.17, 15) is 9.59 Å². The standard InChI is InChI=1S/C13H12N2O3/c16-12(17)6-7-15-9-14-8-11(13(15)18)10-4-2-1-3-5-10/h1-5,8-9H,6-7H2,(H,16,17). The number of benzene rings is 1. The molecule has 0 spiro atoms. The molecule has 0 saturated carbocycles. The third-order valence-electron chi connectivity index (χ3n) is 2.55. The van der Waals surface area contributed by atoms with Crippen molar-refractivity contribution in [1.29, 1.82) is 0 Å². The van der Waals surface area contributed by atoms with Gasteiger partial charge in [0.25, 0.3) is 5.56 Å². The third-order valence-corrected chi connectivity index (χ3v) is 2.55. The van der Waals surface area contributed by atoms with E-state index >= 15 is 0 Å². The predicted molar refractivity (Wildman–Crippen MR) is 66.2 cm³/mol. The Morgan fingerprint density at radius 1 is 1.28 bits per heavy atom. The van der Waals surface area contributed by atoms with Gasteiger partial charge in [-0.25, -0.2) is 4.98 Å². The van der Waals surface area contributed by atoms with Gasteiger partial charge >= 0.3 is 5.97 Å². The molecule has 0 saturated heterocycles. The van der Waals surface area contributed by atoms with Crippen LogP contribution in [0, 0.1) is 0 Å². The number of rotatable bonds is 4. The monoisotopic (exact) mass is 244 g/mol. The van der Waals surface area contributed by atoms with E-state index in [0.29, 0.717) is 5.56 Å². The molecule has 1 heterocycles. The van der Waals surface area contributed by atoms with E-state index in [-0.39, 0.29) is 18.5 Å². The van der Waals surface area contributed by atoms with Crippen LogP contribution in [0.1, 0.15) is 6.42 Å². The number of hydrogen-bond donors (Lipinski definition) is 1. The van der Waals surface area contributed by atoms with Crippen LogP contribution < -0.4 is 5.56 Å². The lowest BCUT2D eigenvalue weighted by atomic mass is 10.1. The molecule has 0 bridgehead atoms. The van der Waals surface area contributed by atoms with E-state index in [0.717, 1.165) is 5.56 Å². The Labute approximate surface area is 103 Å². The van der Waals surface area contributed by atoms with Gasteiger partial charge in [0, 0.05) is 12.7 Å². The largest absolute Gasteiger partial charge is 0.481 e. The highest BCUT2D eigenvalue weighted by molar-refractivity contribution is 5.66. The third kappa shape index (κ3) is 2.63. The molecule has 0 aliphatic heterocycles. The van der Waals surface area contributed by atoms with Crippen molar-refractivity contribution >= 4 is 5.97 Å². The molecule has 2 rings (SSSR count). The number of nitrogens with zero attached hydrogens (tertiary/aromatic N) is 2. The van der Waals surface area contributed by atoms with E-state index in [4.69, 9.17) is 5.11 Å². The summed E-state index contributed by atoms with van der Waals surface area (Å²) in [6.45, 7) is 0.127. The van der Waals surface area contributed by atoms with Crippen molar-refractivity contribution in [2.75, 3.05) is 0 Å². The van der Waals surface area contributed by atoms with Gasteiger partial charge in [0.05, 0.1) is 18.3 Å². The minimum Gasteiger partial charge on any atom is -0.481 e. The highest BCUT2D eigenvalue weighted by Gasteiger charge is 2.07. The maximum absolute atomic E-state index is 12.1. The molecule has 0 unspecified atom stereocenters. The minimum atomic E-state index is -0.938. The van der Waals surface area contributed by atoms with E-state index in [1.807, 2.05) is 30.3 Å². The number of hydrogen-bond acceptors (Lipinski definition) is 3.